The summed E-state index contributed by atoms with van der Waals surface area (Å²) >= 11 is 0. The van der Waals surface area contributed by atoms with Gasteiger partial charge in [0.25, 0.3) is 0 Å². The minimum atomic E-state index is -5.14. The van der Waals surface area contributed by atoms with Gasteiger partial charge in [-0.05, 0) is 0 Å². The molecule has 0 amide bonds. The largest absolute Gasteiger partial charge is 1.00 e. The standard InChI is InChI=1S/C4H9.FH2O3P.Li/c1-3-4-2;1-5(2,3)4;/h1,3-4H2,2H3;(H2,2,3,4);/q-1;;+1. The zero-order valence-corrected chi connectivity index (χ0v) is 7.14. The van der Waals surface area contributed by atoms with E-state index >= 15 is 0 Å². The Morgan fingerprint density at radius 2 is 1.70 bits per heavy atom. The van der Waals surface area contributed by atoms with Gasteiger partial charge in [-0.3, -0.25) is 9.79 Å². The number of unbranched alkanes of at least 4 members (excludes halogenated alkanes) is 1. The Morgan fingerprint density at radius 3 is 1.70 bits per heavy atom. The fourth-order valence-electron chi connectivity index (χ4n) is 0. The van der Waals surface area contributed by atoms with E-state index < -0.39 is 7.91 Å². The molecule has 0 aliphatic rings. The SMILES string of the molecule is O=P(O)(O)F.[CH2-]CCC.[Li+]. The Balaban J connectivity index is -0.0000000910. The van der Waals surface area contributed by atoms with Gasteiger partial charge in [0.1, 0.15) is 0 Å². The van der Waals surface area contributed by atoms with Crippen molar-refractivity contribution < 1.29 is 37.4 Å². The minimum absolute atomic E-state index is 0. The molecule has 0 saturated heterocycles. The first-order valence-corrected chi connectivity index (χ1v) is 3.96. The number of hydrogen-bond acceptors (Lipinski definition) is 1. The van der Waals surface area contributed by atoms with Crippen LogP contribution < -0.4 is 18.9 Å². The molecule has 0 aliphatic carbocycles. The molecule has 0 bridgehead atoms. The maximum Gasteiger partial charge on any atom is 1.00 e. The second kappa shape index (κ2) is 9.68. The molecule has 0 aromatic heterocycles. The Hall–Kier alpha value is 0.677. The van der Waals surface area contributed by atoms with Gasteiger partial charge in [-0.2, -0.15) is 6.42 Å². The van der Waals surface area contributed by atoms with Crippen LogP contribution >= 0.6 is 7.91 Å². The molecule has 0 atom stereocenters. The van der Waals surface area contributed by atoms with E-state index in [0.29, 0.717) is 0 Å². The Bertz CT molecular complexity index is 84.2. The molecule has 0 spiro atoms. The van der Waals surface area contributed by atoms with Crippen LogP contribution in [0.4, 0.5) is 4.20 Å². The van der Waals surface area contributed by atoms with E-state index in [1.807, 2.05) is 0 Å². The number of rotatable bonds is 1. The first-order valence-electron chi connectivity index (χ1n) is 2.46. The predicted molar refractivity (Wildman–Crippen MR) is 33.4 cm³/mol. The summed E-state index contributed by atoms with van der Waals surface area (Å²) in [6.45, 7) is 5.72. The maximum absolute atomic E-state index is 10.4. The molecule has 58 valence electrons. The summed E-state index contributed by atoms with van der Waals surface area (Å²) in [4.78, 5) is 13.9. The van der Waals surface area contributed by atoms with E-state index in [9.17, 15) is 4.20 Å². The van der Waals surface area contributed by atoms with Crippen molar-refractivity contribution in [1.29, 1.82) is 0 Å². The molecular weight excluding hydrogens is 153 g/mol. The third kappa shape index (κ3) is 182. The van der Waals surface area contributed by atoms with E-state index in [2.05, 4.69) is 13.8 Å². The van der Waals surface area contributed by atoms with Gasteiger partial charge in [-0.1, -0.05) is 13.3 Å². The molecular formula is C4H11FLiO3P. The van der Waals surface area contributed by atoms with Crippen molar-refractivity contribution in [2.24, 2.45) is 0 Å². The number of hydrogen-bond donors (Lipinski definition) is 2. The summed E-state index contributed by atoms with van der Waals surface area (Å²) in [7, 11) is -5.14. The topological polar surface area (TPSA) is 57.5 Å². The summed E-state index contributed by atoms with van der Waals surface area (Å²) in [5.41, 5.74) is 0. The van der Waals surface area contributed by atoms with Crippen LogP contribution in [0.25, 0.3) is 0 Å². The molecule has 0 heterocycles. The van der Waals surface area contributed by atoms with Gasteiger partial charge in [0.05, 0.1) is 0 Å². The molecule has 0 aromatic rings. The summed E-state index contributed by atoms with van der Waals surface area (Å²) in [5.74, 6) is 0. The van der Waals surface area contributed by atoms with Crippen molar-refractivity contribution >= 4 is 7.91 Å². The molecule has 0 radical (unpaired) electrons. The fraction of sp³-hybridized carbons (Fsp3) is 0.750. The van der Waals surface area contributed by atoms with Crippen LogP contribution in [0, 0.1) is 6.92 Å². The molecule has 10 heavy (non-hydrogen) atoms. The van der Waals surface area contributed by atoms with Crippen molar-refractivity contribution in [3.05, 3.63) is 6.92 Å². The van der Waals surface area contributed by atoms with Gasteiger partial charge in [0.2, 0.25) is 0 Å². The zero-order valence-electron chi connectivity index (χ0n) is 6.25. The third-order valence-electron chi connectivity index (χ3n) is 0.354. The van der Waals surface area contributed by atoms with Crippen LogP contribution in [0.5, 0.6) is 0 Å². The van der Waals surface area contributed by atoms with E-state index in [4.69, 9.17) is 14.4 Å². The molecule has 6 heteroatoms. The van der Waals surface area contributed by atoms with E-state index in [-0.39, 0.29) is 18.9 Å². The van der Waals surface area contributed by atoms with E-state index in [1.54, 1.807) is 0 Å². The van der Waals surface area contributed by atoms with E-state index in [1.165, 1.54) is 6.42 Å². The van der Waals surface area contributed by atoms with Crippen LogP contribution in [0.1, 0.15) is 19.8 Å². The quantitative estimate of drug-likeness (QED) is 0.287. The molecule has 0 aliphatic heterocycles. The average molecular weight is 164 g/mol. The third-order valence-corrected chi connectivity index (χ3v) is 0.354. The summed E-state index contributed by atoms with van der Waals surface area (Å²) in [6.07, 6.45) is 2.28. The molecule has 2 N–H and O–H groups in total. The molecule has 0 unspecified atom stereocenters. The second-order valence-electron chi connectivity index (χ2n) is 1.33. The second-order valence-corrected chi connectivity index (χ2v) is 2.27. The predicted octanol–water partition coefficient (Wildman–Crippen LogP) is -1.33. The van der Waals surface area contributed by atoms with E-state index in [0.717, 1.165) is 6.42 Å². The van der Waals surface area contributed by atoms with Crippen LogP contribution in [-0.2, 0) is 4.57 Å². The molecule has 0 saturated carbocycles. The molecule has 0 aromatic carbocycles. The van der Waals surface area contributed by atoms with Crippen molar-refractivity contribution in [3.63, 3.8) is 0 Å². The van der Waals surface area contributed by atoms with Gasteiger partial charge in [0.15, 0.2) is 0 Å². The Kier molecular flexibility index (Phi) is 16.4. The maximum atomic E-state index is 10.4. The average Bonchev–Trinajstić information content (AvgIpc) is 1.61. The smallest absolute Gasteiger partial charge is 0.343 e. The summed E-state index contributed by atoms with van der Waals surface area (Å²) < 4.78 is 19.0. The van der Waals surface area contributed by atoms with Gasteiger partial charge in [0, 0.05) is 0 Å². The number of halogens is 1. The first kappa shape index (κ1) is 17.0. The van der Waals surface area contributed by atoms with Crippen molar-refractivity contribution in [3.8, 4) is 0 Å². The zero-order chi connectivity index (χ0) is 7.91. The van der Waals surface area contributed by atoms with Crippen molar-refractivity contribution in [1.82, 2.24) is 0 Å². The van der Waals surface area contributed by atoms with Gasteiger partial charge in [-0.15, -0.1) is 4.20 Å². The Labute approximate surface area is 72.5 Å². The van der Waals surface area contributed by atoms with Crippen LogP contribution in [0.3, 0.4) is 0 Å². The Morgan fingerprint density at radius 1 is 1.60 bits per heavy atom. The molecule has 0 fully saturated rings. The minimum Gasteiger partial charge on any atom is -0.343 e. The van der Waals surface area contributed by atoms with Crippen LogP contribution in [0.15, 0.2) is 0 Å². The summed E-state index contributed by atoms with van der Waals surface area (Å²) in [6, 6.07) is 0. The first-order chi connectivity index (χ1) is 3.91. The van der Waals surface area contributed by atoms with Gasteiger partial charge >= 0.3 is 26.8 Å². The van der Waals surface area contributed by atoms with Crippen molar-refractivity contribution in [2.75, 3.05) is 0 Å². The monoisotopic (exact) mass is 164 g/mol. The normalized spacial score (nSPS) is 8.90. The van der Waals surface area contributed by atoms with Gasteiger partial charge < -0.3 is 6.92 Å². The van der Waals surface area contributed by atoms with Crippen LogP contribution in [-0.4, -0.2) is 9.79 Å². The molecule has 0 rings (SSSR count). The fourth-order valence-corrected chi connectivity index (χ4v) is 0. The van der Waals surface area contributed by atoms with Gasteiger partial charge in [-0.25, -0.2) is 4.57 Å². The van der Waals surface area contributed by atoms with Crippen molar-refractivity contribution in [2.45, 2.75) is 19.8 Å². The molecule has 3 nitrogen and oxygen atoms in total. The summed E-state index contributed by atoms with van der Waals surface area (Å²) in [5, 5.41) is 0. The van der Waals surface area contributed by atoms with Crippen LogP contribution in [0.2, 0.25) is 0 Å².